The molecule has 0 N–H and O–H groups in total. The standard InChI is InChI=1S/C21H26N2O/c1-16(18-9-8-17-5-2-3-6-19(17)15-18)23(20-10-11-20)14-13-22-12-4-7-21(22)24/h2-3,5-6,8-9,15-16,20H,4,7,10-14H2,1H3. The second-order valence-corrected chi connectivity index (χ2v) is 7.24. The van der Waals surface area contributed by atoms with E-state index in [1.54, 1.807) is 0 Å². The first-order chi connectivity index (χ1) is 11.7. The van der Waals surface area contributed by atoms with Gasteiger partial charge in [0.2, 0.25) is 5.91 Å². The summed E-state index contributed by atoms with van der Waals surface area (Å²) in [5.41, 5.74) is 1.38. The topological polar surface area (TPSA) is 23.6 Å². The molecule has 4 rings (SSSR count). The van der Waals surface area contributed by atoms with Gasteiger partial charge in [0, 0.05) is 38.1 Å². The lowest BCUT2D eigenvalue weighted by molar-refractivity contribution is -0.127. The first-order valence-corrected chi connectivity index (χ1v) is 9.24. The lowest BCUT2D eigenvalue weighted by Crippen LogP contribution is -2.38. The van der Waals surface area contributed by atoms with Crippen molar-refractivity contribution in [2.75, 3.05) is 19.6 Å². The number of carbonyl (C=O) groups excluding carboxylic acids is 1. The van der Waals surface area contributed by atoms with E-state index in [2.05, 4.69) is 54.3 Å². The van der Waals surface area contributed by atoms with Crippen LogP contribution in [0.5, 0.6) is 0 Å². The molecule has 0 aromatic heterocycles. The highest BCUT2D eigenvalue weighted by Gasteiger charge is 2.33. The fourth-order valence-corrected chi connectivity index (χ4v) is 3.93. The van der Waals surface area contributed by atoms with Crippen molar-refractivity contribution < 1.29 is 4.79 Å². The first kappa shape index (κ1) is 15.6. The van der Waals surface area contributed by atoms with E-state index in [9.17, 15) is 4.79 Å². The molecule has 2 aliphatic rings. The van der Waals surface area contributed by atoms with Crippen LogP contribution in [0.4, 0.5) is 0 Å². The van der Waals surface area contributed by atoms with Crippen LogP contribution in [-0.2, 0) is 4.79 Å². The van der Waals surface area contributed by atoms with Gasteiger partial charge in [-0.05, 0) is 48.6 Å². The van der Waals surface area contributed by atoms with E-state index < -0.39 is 0 Å². The van der Waals surface area contributed by atoms with Gasteiger partial charge in [0.05, 0.1) is 0 Å². The predicted molar refractivity (Wildman–Crippen MR) is 97.9 cm³/mol. The van der Waals surface area contributed by atoms with Crippen LogP contribution < -0.4 is 0 Å². The maximum atomic E-state index is 11.9. The second-order valence-electron chi connectivity index (χ2n) is 7.24. The van der Waals surface area contributed by atoms with E-state index in [-0.39, 0.29) is 0 Å². The third-order valence-electron chi connectivity index (χ3n) is 5.57. The number of hydrogen-bond acceptors (Lipinski definition) is 2. The second kappa shape index (κ2) is 6.56. The Hall–Kier alpha value is -1.87. The molecule has 1 amide bonds. The highest BCUT2D eigenvalue weighted by Crippen LogP contribution is 2.35. The Morgan fingerprint density at radius 2 is 1.96 bits per heavy atom. The van der Waals surface area contributed by atoms with Gasteiger partial charge in [0.15, 0.2) is 0 Å². The summed E-state index contributed by atoms with van der Waals surface area (Å²) < 4.78 is 0. The zero-order valence-electron chi connectivity index (χ0n) is 14.4. The summed E-state index contributed by atoms with van der Waals surface area (Å²) in [6.45, 7) is 5.13. The number of benzene rings is 2. The number of likely N-dealkylation sites (tertiary alicyclic amines) is 1. The monoisotopic (exact) mass is 322 g/mol. The average Bonchev–Trinajstić information content (AvgIpc) is 3.37. The molecule has 1 unspecified atom stereocenters. The molecular formula is C21H26N2O. The normalized spacial score (nSPS) is 19.4. The quantitative estimate of drug-likeness (QED) is 0.803. The summed E-state index contributed by atoms with van der Waals surface area (Å²) in [6.07, 6.45) is 4.36. The van der Waals surface area contributed by atoms with Crippen molar-refractivity contribution in [2.45, 2.75) is 44.7 Å². The van der Waals surface area contributed by atoms with Crippen LogP contribution in [0.1, 0.15) is 44.2 Å². The van der Waals surface area contributed by atoms with E-state index in [4.69, 9.17) is 0 Å². The number of nitrogens with zero attached hydrogens (tertiary/aromatic N) is 2. The highest BCUT2D eigenvalue weighted by atomic mass is 16.2. The van der Waals surface area contributed by atoms with Gasteiger partial charge in [-0.2, -0.15) is 0 Å². The van der Waals surface area contributed by atoms with E-state index in [0.717, 1.165) is 32.5 Å². The van der Waals surface area contributed by atoms with Crippen molar-refractivity contribution in [1.29, 1.82) is 0 Å². The van der Waals surface area contributed by atoms with Crippen molar-refractivity contribution in [3.8, 4) is 0 Å². The molecule has 2 aromatic rings. The van der Waals surface area contributed by atoms with Gasteiger partial charge in [-0.1, -0.05) is 36.4 Å². The van der Waals surface area contributed by atoms with Crippen LogP contribution in [-0.4, -0.2) is 41.4 Å². The molecule has 1 atom stereocenters. The molecule has 1 saturated carbocycles. The largest absolute Gasteiger partial charge is 0.341 e. The minimum atomic E-state index is 0.337. The van der Waals surface area contributed by atoms with Gasteiger partial charge in [-0.15, -0.1) is 0 Å². The molecule has 1 aliphatic heterocycles. The van der Waals surface area contributed by atoms with Crippen molar-refractivity contribution in [2.24, 2.45) is 0 Å². The van der Waals surface area contributed by atoms with Gasteiger partial charge >= 0.3 is 0 Å². The van der Waals surface area contributed by atoms with Crippen molar-refractivity contribution in [3.05, 3.63) is 48.0 Å². The van der Waals surface area contributed by atoms with E-state index in [1.807, 2.05) is 4.90 Å². The number of fused-ring (bicyclic) bond motifs is 1. The SMILES string of the molecule is CC(c1ccc2ccccc2c1)N(CCN1CCCC1=O)C1CC1. The minimum absolute atomic E-state index is 0.337. The molecule has 3 nitrogen and oxygen atoms in total. The van der Waals surface area contributed by atoms with Crippen LogP contribution in [0.2, 0.25) is 0 Å². The molecule has 2 aromatic carbocycles. The highest BCUT2D eigenvalue weighted by molar-refractivity contribution is 5.83. The molecule has 0 spiro atoms. The van der Waals surface area contributed by atoms with Crippen LogP contribution in [0.3, 0.4) is 0 Å². The predicted octanol–water partition coefficient (Wildman–Crippen LogP) is 3.99. The van der Waals surface area contributed by atoms with Gasteiger partial charge in [0.1, 0.15) is 0 Å². The average molecular weight is 322 g/mol. The van der Waals surface area contributed by atoms with Crippen LogP contribution in [0.15, 0.2) is 42.5 Å². The third-order valence-corrected chi connectivity index (χ3v) is 5.57. The molecule has 1 saturated heterocycles. The van der Waals surface area contributed by atoms with Crippen LogP contribution in [0.25, 0.3) is 10.8 Å². The third kappa shape index (κ3) is 3.18. The maximum absolute atomic E-state index is 11.9. The van der Waals surface area contributed by atoms with E-state index in [1.165, 1.54) is 29.2 Å². The minimum Gasteiger partial charge on any atom is -0.341 e. The summed E-state index contributed by atoms with van der Waals surface area (Å²) in [4.78, 5) is 16.5. The molecule has 1 heterocycles. The zero-order valence-corrected chi connectivity index (χ0v) is 14.4. The Morgan fingerprint density at radius 1 is 1.17 bits per heavy atom. The molecule has 24 heavy (non-hydrogen) atoms. The van der Waals surface area contributed by atoms with Gasteiger partial charge in [0.25, 0.3) is 0 Å². The summed E-state index contributed by atoms with van der Waals surface area (Å²) in [7, 11) is 0. The first-order valence-electron chi connectivity index (χ1n) is 9.24. The fourth-order valence-electron chi connectivity index (χ4n) is 3.93. The van der Waals surface area contributed by atoms with Crippen LogP contribution >= 0.6 is 0 Å². The van der Waals surface area contributed by atoms with Gasteiger partial charge in [-0.25, -0.2) is 0 Å². The summed E-state index contributed by atoms with van der Waals surface area (Å²) in [5, 5.41) is 2.61. The van der Waals surface area contributed by atoms with E-state index in [0.29, 0.717) is 18.0 Å². The fraction of sp³-hybridized carbons (Fsp3) is 0.476. The number of rotatable bonds is 6. The summed E-state index contributed by atoms with van der Waals surface area (Å²) in [6, 6.07) is 16.5. The summed E-state index contributed by atoms with van der Waals surface area (Å²) >= 11 is 0. The Balaban J connectivity index is 1.50. The smallest absolute Gasteiger partial charge is 0.222 e. The Morgan fingerprint density at radius 3 is 2.67 bits per heavy atom. The Kier molecular flexibility index (Phi) is 4.28. The van der Waals surface area contributed by atoms with Crippen LogP contribution in [0, 0.1) is 0 Å². The number of carbonyl (C=O) groups is 1. The molecule has 126 valence electrons. The van der Waals surface area contributed by atoms with Crippen molar-refractivity contribution in [3.63, 3.8) is 0 Å². The lowest BCUT2D eigenvalue weighted by Gasteiger charge is -2.31. The number of amides is 1. The molecule has 0 bridgehead atoms. The Labute approximate surface area is 144 Å². The van der Waals surface area contributed by atoms with Gasteiger partial charge < -0.3 is 4.90 Å². The van der Waals surface area contributed by atoms with Crippen molar-refractivity contribution in [1.82, 2.24) is 9.80 Å². The Bertz CT molecular complexity index is 737. The van der Waals surface area contributed by atoms with E-state index >= 15 is 0 Å². The lowest BCUT2D eigenvalue weighted by atomic mass is 10.0. The molecule has 3 heteroatoms. The van der Waals surface area contributed by atoms with Gasteiger partial charge in [-0.3, -0.25) is 9.69 Å². The van der Waals surface area contributed by atoms with Crippen molar-refractivity contribution >= 4 is 16.7 Å². The zero-order chi connectivity index (χ0) is 16.5. The number of hydrogen-bond donors (Lipinski definition) is 0. The molecule has 2 fully saturated rings. The molecule has 1 aliphatic carbocycles. The molecular weight excluding hydrogens is 296 g/mol. The molecule has 0 radical (unpaired) electrons. The maximum Gasteiger partial charge on any atom is 0.222 e. The summed E-state index contributed by atoms with van der Waals surface area (Å²) in [5.74, 6) is 0.337.